The first kappa shape index (κ1) is 13.5. The Morgan fingerprint density at radius 1 is 1.67 bits per heavy atom. The molecular weight excluding hydrogens is 248 g/mol. The van der Waals surface area contributed by atoms with E-state index in [1.807, 2.05) is 6.92 Å². The zero-order valence-electron chi connectivity index (χ0n) is 11.0. The lowest BCUT2D eigenvalue weighted by Gasteiger charge is -2.24. The van der Waals surface area contributed by atoms with E-state index in [-0.39, 0.29) is 0 Å². The summed E-state index contributed by atoms with van der Waals surface area (Å²) in [6.07, 6.45) is 2.46. The lowest BCUT2D eigenvalue weighted by molar-refractivity contribution is -0.148. The maximum Gasteiger partial charge on any atom is 0.310 e. The van der Waals surface area contributed by atoms with Gasteiger partial charge in [-0.25, -0.2) is 4.98 Å². The van der Waals surface area contributed by atoms with Crippen molar-refractivity contribution in [2.24, 2.45) is 5.41 Å². The standard InChI is InChI=1S/C13H20N2O2S/c1-3-4-13(12(16)17)5-6-15(9-13)7-11-8-18-10(2)14-11/h8H,3-7,9H2,1-2H3,(H,16,17). The minimum Gasteiger partial charge on any atom is -0.481 e. The molecule has 18 heavy (non-hydrogen) atoms. The number of nitrogens with zero attached hydrogens (tertiary/aromatic N) is 2. The fourth-order valence-corrected chi connectivity index (χ4v) is 3.37. The Bertz CT molecular complexity index is 432. The van der Waals surface area contributed by atoms with E-state index >= 15 is 0 Å². The molecule has 0 saturated carbocycles. The summed E-state index contributed by atoms with van der Waals surface area (Å²) in [5.41, 5.74) is 0.537. The van der Waals surface area contributed by atoms with E-state index in [1.54, 1.807) is 11.3 Å². The summed E-state index contributed by atoms with van der Waals surface area (Å²) >= 11 is 1.65. The lowest BCUT2D eigenvalue weighted by atomic mass is 9.83. The molecule has 1 atom stereocenters. The van der Waals surface area contributed by atoms with Crippen molar-refractivity contribution in [3.05, 3.63) is 16.1 Å². The van der Waals surface area contributed by atoms with Crippen LogP contribution in [0.2, 0.25) is 0 Å². The molecule has 2 heterocycles. The maximum atomic E-state index is 11.5. The van der Waals surface area contributed by atoms with E-state index < -0.39 is 11.4 Å². The van der Waals surface area contributed by atoms with Gasteiger partial charge >= 0.3 is 5.97 Å². The molecule has 2 rings (SSSR count). The SMILES string of the molecule is CCCC1(C(=O)O)CCN(Cc2csc(C)n2)C1. The van der Waals surface area contributed by atoms with Crippen LogP contribution in [0.5, 0.6) is 0 Å². The highest BCUT2D eigenvalue weighted by Crippen LogP contribution is 2.36. The van der Waals surface area contributed by atoms with Gasteiger partial charge in [0, 0.05) is 18.5 Å². The second-order valence-corrected chi connectivity index (χ2v) is 6.22. The average Bonchev–Trinajstić information content (AvgIpc) is 2.88. The molecule has 0 aromatic carbocycles. The number of carbonyl (C=O) groups is 1. The van der Waals surface area contributed by atoms with Gasteiger partial charge in [0.1, 0.15) is 0 Å². The number of carboxylic acid groups (broad SMARTS) is 1. The Morgan fingerprint density at radius 3 is 3.00 bits per heavy atom. The van der Waals surface area contributed by atoms with Crippen molar-refractivity contribution >= 4 is 17.3 Å². The molecule has 1 fully saturated rings. The first-order chi connectivity index (χ1) is 8.55. The summed E-state index contributed by atoms with van der Waals surface area (Å²) < 4.78 is 0. The van der Waals surface area contributed by atoms with Crippen LogP contribution < -0.4 is 0 Å². The molecule has 1 aromatic heterocycles. The summed E-state index contributed by atoms with van der Waals surface area (Å²) in [5, 5.41) is 12.6. The molecule has 1 N–H and O–H groups in total. The van der Waals surface area contributed by atoms with Crippen molar-refractivity contribution in [3.8, 4) is 0 Å². The van der Waals surface area contributed by atoms with Gasteiger partial charge in [0.15, 0.2) is 0 Å². The van der Waals surface area contributed by atoms with Crippen molar-refractivity contribution in [1.82, 2.24) is 9.88 Å². The molecule has 0 aliphatic carbocycles. The minimum atomic E-state index is -0.638. The van der Waals surface area contributed by atoms with Gasteiger partial charge in [-0.2, -0.15) is 0 Å². The normalized spacial score (nSPS) is 24.6. The fraction of sp³-hybridized carbons (Fsp3) is 0.692. The van der Waals surface area contributed by atoms with Crippen LogP contribution in [0.4, 0.5) is 0 Å². The first-order valence-electron chi connectivity index (χ1n) is 6.42. The Kier molecular flexibility index (Phi) is 4.02. The summed E-state index contributed by atoms with van der Waals surface area (Å²) in [4.78, 5) is 18.1. The summed E-state index contributed by atoms with van der Waals surface area (Å²) in [5.74, 6) is -0.638. The minimum absolute atomic E-state index is 0.528. The third kappa shape index (κ3) is 2.72. The number of aromatic nitrogens is 1. The van der Waals surface area contributed by atoms with Crippen molar-refractivity contribution in [2.45, 2.75) is 39.7 Å². The van der Waals surface area contributed by atoms with Gasteiger partial charge < -0.3 is 5.11 Å². The molecule has 0 bridgehead atoms. The van der Waals surface area contributed by atoms with E-state index in [9.17, 15) is 9.90 Å². The van der Waals surface area contributed by atoms with Crippen LogP contribution in [-0.2, 0) is 11.3 Å². The Morgan fingerprint density at radius 2 is 2.44 bits per heavy atom. The van der Waals surface area contributed by atoms with Crippen LogP contribution in [0.1, 0.15) is 36.9 Å². The third-order valence-corrected chi connectivity index (χ3v) is 4.49. The zero-order valence-corrected chi connectivity index (χ0v) is 11.8. The van der Waals surface area contributed by atoms with E-state index in [0.29, 0.717) is 6.54 Å². The second-order valence-electron chi connectivity index (χ2n) is 5.15. The smallest absolute Gasteiger partial charge is 0.310 e. The number of carboxylic acids is 1. The van der Waals surface area contributed by atoms with Crippen LogP contribution in [0.3, 0.4) is 0 Å². The number of hydrogen-bond acceptors (Lipinski definition) is 4. The first-order valence-corrected chi connectivity index (χ1v) is 7.30. The topological polar surface area (TPSA) is 53.4 Å². The highest BCUT2D eigenvalue weighted by Gasteiger charge is 2.43. The maximum absolute atomic E-state index is 11.5. The second kappa shape index (κ2) is 5.36. The molecule has 4 nitrogen and oxygen atoms in total. The van der Waals surface area contributed by atoms with Crippen LogP contribution in [0.25, 0.3) is 0 Å². The van der Waals surface area contributed by atoms with Crippen molar-refractivity contribution in [2.75, 3.05) is 13.1 Å². The van der Waals surface area contributed by atoms with E-state index in [4.69, 9.17) is 0 Å². The van der Waals surface area contributed by atoms with Gasteiger partial charge in [-0.1, -0.05) is 13.3 Å². The summed E-state index contributed by atoms with van der Waals surface area (Å²) in [6, 6.07) is 0. The number of thiazole rings is 1. The lowest BCUT2D eigenvalue weighted by Crippen LogP contribution is -2.34. The molecule has 1 aliphatic rings. The van der Waals surface area contributed by atoms with Gasteiger partial charge in [-0.15, -0.1) is 11.3 Å². The number of rotatable bonds is 5. The highest BCUT2D eigenvalue weighted by atomic mass is 32.1. The average molecular weight is 268 g/mol. The van der Waals surface area contributed by atoms with E-state index in [1.165, 1.54) is 0 Å². The van der Waals surface area contributed by atoms with Crippen molar-refractivity contribution in [1.29, 1.82) is 0 Å². The van der Waals surface area contributed by atoms with Gasteiger partial charge in [0.25, 0.3) is 0 Å². The van der Waals surface area contributed by atoms with Crippen LogP contribution in [-0.4, -0.2) is 34.0 Å². The molecule has 1 aliphatic heterocycles. The molecule has 1 unspecified atom stereocenters. The predicted octanol–water partition coefficient (Wildman–Crippen LogP) is 2.53. The Hall–Kier alpha value is -0.940. The predicted molar refractivity (Wildman–Crippen MR) is 71.7 cm³/mol. The quantitative estimate of drug-likeness (QED) is 0.891. The molecule has 1 saturated heterocycles. The number of aliphatic carboxylic acids is 1. The zero-order chi connectivity index (χ0) is 13.2. The molecule has 0 radical (unpaired) electrons. The number of likely N-dealkylation sites (tertiary alicyclic amines) is 1. The van der Waals surface area contributed by atoms with E-state index in [2.05, 4.69) is 22.2 Å². The van der Waals surface area contributed by atoms with Crippen molar-refractivity contribution < 1.29 is 9.90 Å². The molecule has 100 valence electrons. The van der Waals surface area contributed by atoms with Crippen LogP contribution in [0, 0.1) is 12.3 Å². The number of hydrogen-bond donors (Lipinski definition) is 1. The van der Waals surface area contributed by atoms with Gasteiger partial charge in [0.2, 0.25) is 0 Å². The summed E-state index contributed by atoms with van der Waals surface area (Å²) in [7, 11) is 0. The molecule has 1 aromatic rings. The molecule has 5 heteroatoms. The monoisotopic (exact) mass is 268 g/mol. The third-order valence-electron chi connectivity index (χ3n) is 3.67. The van der Waals surface area contributed by atoms with Gasteiger partial charge in [-0.05, 0) is 26.3 Å². The fourth-order valence-electron chi connectivity index (χ4n) is 2.77. The molecule has 0 amide bonds. The largest absolute Gasteiger partial charge is 0.481 e. The van der Waals surface area contributed by atoms with E-state index in [0.717, 1.165) is 43.1 Å². The van der Waals surface area contributed by atoms with Gasteiger partial charge in [-0.3, -0.25) is 9.69 Å². The highest BCUT2D eigenvalue weighted by molar-refractivity contribution is 7.09. The molecule has 0 spiro atoms. The Balaban J connectivity index is 2.00. The Labute approximate surface area is 112 Å². The summed E-state index contributed by atoms with van der Waals surface area (Å²) in [6.45, 7) is 6.35. The number of aryl methyl sites for hydroxylation is 1. The molecular formula is C13H20N2O2S. The van der Waals surface area contributed by atoms with Crippen LogP contribution in [0.15, 0.2) is 5.38 Å². The van der Waals surface area contributed by atoms with Gasteiger partial charge in [0.05, 0.1) is 16.1 Å². The van der Waals surface area contributed by atoms with Crippen molar-refractivity contribution in [3.63, 3.8) is 0 Å². The van der Waals surface area contributed by atoms with Crippen LogP contribution >= 0.6 is 11.3 Å².